The Hall–Kier alpha value is -0.920. The molecule has 0 aliphatic carbocycles. The van der Waals surface area contributed by atoms with E-state index in [0.717, 1.165) is 30.6 Å². The van der Waals surface area contributed by atoms with Crippen LogP contribution in [0.1, 0.15) is 48.3 Å². The minimum atomic E-state index is -3.61. The molecule has 2 unspecified atom stereocenters. The first-order valence-electron chi connectivity index (χ1n) is 6.62. The smallest absolute Gasteiger partial charge is 0.346 e. The SMILES string of the molecule is Cc1cc(S(=O)(=O)N2C(C)CCCC2C)sc1C(=O)O. The fourth-order valence-electron chi connectivity index (χ4n) is 2.77. The first-order valence-corrected chi connectivity index (χ1v) is 8.88. The molecule has 20 heavy (non-hydrogen) atoms. The summed E-state index contributed by atoms with van der Waals surface area (Å²) in [6.07, 6.45) is 2.72. The van der Waals surface area contributed by atoms with E-state index in [1.165, 1.54) is 10.4 Å². The Bertz CT molecular complexity index is 610. The molecule has 1 aromatic heterocycles. The van der Waals surface area contributed by atoms with Crippen LogP contribution in [0.15, 0.2) is 10.3 Å². The van der Waals surface area contributed by atoms with Gasteiger partial charge in [0.2, 0.25) is 0 Å². The van der Waals surface area contributed by atoms with Gasteiger partial charge in [-0.3, -0.25) is 0 Å². The Morgan fingerprint density at radius 2 is 1.90 bits per heavy atom. The number of carboxylic acids is 1. The molecule has 5 nitrogen and oxygen atoms in total. The van der Waals surface area contributed by atoms with Crippen LogP contribution >= 0.6 is 11.3 Å². The number of sulfonamides is 1. The number of carboxylic acid groups (broad SMARTS) is 1. The number of nitrogens with zero attached hydrogens (tertiary/aromatic N) is 1. The molecule has 0 radical (unpaired) electrons. The van der Waals surface area contributed by atoms with Crippen molar-refractivity contribution in [2.24, 2.45) is 0 Å². The highest BCUT2D eigenvalue weighted by atomic mass is 32.2. The summed E-state index contributed by atoms with van der Waals surface area (Å²) in [4.78, 5) is 11.2. The van der Waals surface area contributed by atoms with Gasteiger partial charge in [-0.15, -0.1) is 11.3 Å². The molecule has 2 heterocycles. The van der Waals surface area contributed by atoms with Crippen LogP contribution in [0.4, 0.5) is 0 Å². The Morgan fingerprint density at radius 1 is 1.35 bits per heavy atom. The molecule has 1 saturated heterocycles. The highest BCUT2D eigenvalue weighted by molar-refractivity contribution is 7.91. The molecule has 0 bridgehead atoms. The molecule has 1 aliphatic rings. The summed E-state index contributed by atoms with van der Waals surface area (Å²) in [6, 6.07) is 1.39. The summed E-state index contributed by atoms with van der Waals surface area (Å²) in [7, 11) is -3.61. The average Bonchev–Trinajstić information content (AvgIpc) is 2.71. The van der Waals surface area contributed by atoms with Crippen molar-refractivity contribution < 1.29 is 18.3 Å². The van der Waals surface area contributed by atoms with Crippen LogP contribution < -0.4 is 0 Å². The van der Waals surface area contributed by atoms with Gasteiger partial charge in [-0.1, -0.05) is 6.42 Å². The van der Waals surface area contributed by atoms with Gasteiger partial charge in [0.05, 0.1) is 0 Å². The van der Waals surface area contributed by atoms with E-state index in [1.807, 2.05) is 13.8 Å². The van der Waals surface area contributed by atoms with Crippen molar-refractivity contribution in [3.05, 3.63) is 16.5 Å². The Labute approximate surface area is 123 Å². The van der Waals surface area contributed by atoms with E-state index >= 15 is 0 Å². The minimum absolute atomic E-state index is 0.0422. The van der Waals surface area contributed by atoms with Gasteiger partial charge in [0, 0.05) is 12.1 Å². The van der Waals surface area contributed by atoms with Gasteiger partial charge in [-0.25, -0.2) is 13.2 Å². The number of thiophene rings is 1. The van der Waals surface area contributed by atoms with Crippen LogP contribution in [0.3, 0.4) is 0 Å². The van der Waals surface area contributed by atoms with E-state index in [4.69, 9.17) is 5.11 Å². The summed E-state index contributed by atoms with van der Waals surface area (Å²) < 4.78 is 27.1. The van der Waals surface area contributed by atoms with Gasteiger partial charge < -0.3 is 5.11 Å². The van der Waals surface area contributed by atoms with E-state index in [1.54, 1.807) is 6.92 Å². The van der Waals surface area contributed by atoms with Crippen LogP contribution in [0, 0.1) is 6.92 Å². The summed E-state index contributed by atoms with van der Waals surface area (Å²) in [5.74, 6) is -1.08. The molecule has 7 heteroatoms. The van der Waals surface area contributed by atoms with Crippen LogP contribution in [-0.2, 0) is 10.0 Å². The topological polar surface area (TPSA) is 74.7 Å². The second-order valence-electron chi connectivity index (χ2n) is 5.35. The maximum atomic E-state index is 12.7. The molecular weight excluding hydrogens is 298 g/mol. The Kier molecular flexibility index (Phi) is 4.22. The zero-order valence-electron chi connectivity index (χ0n) is 11.8. The number of piperidine rings is 1. The predicted octanol–water partition coefficient (Wildman–Crippen LogP) is 2.71. The summed E-state index contributed by atoms with van der Waals surface area (Å²) >= 11 is 0.843. The molecule has 0 spiro atoms. The monoisotopic (exact) mass is 317 g/mol. The lowest BCUT2D eigenvalue weighted by molar-refractivity contribution is 0.0701. The zero-order valence-corrected chi connectivity index (χ0v) is 13.4. The molecule has 2 atom stereocenters. The normalized spacial score (nSPS) is 24.8. The number of carbonyl (C=O) groups is 1. The van der Waals surface area contributed by atoms with Gasteiger partial charge in [0.15, 0.2) is 0 Å². The van der Waals surface area contributed by atoms with Crippen LogP contribution in [0.25, 0.3) is 0 Å². The van der Waals surface area contributed by atoms with Crippen LogP contribution in [0.2, 0.25) is 0 Å². The molecule has 112 valence electrons. The first-order chi connectivity index (χ1) is 9.25. The zero-order chi connectivity index (χ0) is 15.1. The van der Waals surface area contributed by atoms with Gasteiger partial charge in [0.25, 0.3) is 10.0 Å². The number of hydrogen-bond donors (Lipinski definition) is 1. The molecule has 0 amide bonds. The van der Waals surface area contributed by atoms with Gasteiger partial charge in [-0.2, -0.15) is 4.31 Å². The molecule has 1 N–H and O–H groups in total. The predicted molar refractivity (Wildman–Crippen MR) is 77.8 cm³/mol. The maximum absolute atomic E-state index is 12.7. The number of aryl methyl sites for hydroxylation is 1. The number of aromatic carboxylic acids is 1. The molecule has 1 aromatic rings. The van der Waals surface area contributed by atoms with Gasteiger partial charge in [-0.05, 0) is 45.2 Å². The summed E-state index contributed by atoms with van der Waals surface area (Å²) in [5.41, 5.74) is 0.499. The lowest BCUT2D eigenvalue weighted by atomic mass is 10.0. The second kappa shape index (κ2) is 5.46. The minimum Gasteiger partial charge on any atom is -0.477 e. The third-order valence-electron chi connectivity index (χ3n) is 3.73. The van der Waals surface area contributed by atoms with Crippen molar-refractivity contribution in [1.29, 1.82) is 0 Å². The average molecular weight is 317 g/mol. The van der Waals surface area contributed by atoms with Crippen molar-refractivity contribution in [1.82, 2.24) is 4.31 Å². The van der Waals surface area contributed by atoms with Crippen molar-refractivity contribution in [3.8, 4) is 0 Å². The third kappa shape index (κ3) is 2.62. The molecule has 1 aliphatic heterocycles. The first kappa shape index (κ1) is 15.5. The number of hydrogen-bond acceptors (Lipinski definition) is 4. The van der Waals surface area contributed by atoms with Crippen molar-refractivity contribution in [3.63, 3.8) is 0 Å². The highest BCUT2D eigenvalue weighted by Gasteiger charge is 2.37. The van der Waals surface area contributed by atoms with Crippen molar-refractivity contribution >= 4 is 27.3 Å². The lowest BCUT2D eigenvalue weighted by Gasteiger charge is -2.37. The van der Waals surface area contributed by atoms with Crippen molar-refractivity contribution in [2.75, 3.05) is 0 Å². The molecule has 2 rings (SSSR count). The van der Waals surface area contributed by atoms with Gasteiger partial charge in [0.1, 0.15) is 9.09 Å². The second-order valence-corrected chi connectivity index (χ2v) is 8.47. The summed E-state index contributed by atoms with van der Waals surface area (Å²) in [5, 5.41) is 9.06. The Morgan fingerprint density at radius 3 is 2.35 bits per heavy atom. The van der Waals surface area contributed by atoms with Crippen LogP contribution in [0.5, 0.6) is 0 Å². The van der Waals surface area contributed by atoms with E-state index in [2.05, 4.69) is 0 Å². The van der Waals surface area contributed by atoms with E-state index < -0.39 is 16.0 Å². The molecule has 0 aromatic carbocycles. The Balaban J connectivity index is 2.44. The van der Waals surface area contributed by atoms with Crippen molar-refractivity contribution in [2.45, 2.75) is 56.3 Å². The van der Waals surface area contributed by atoms with E-state index in [-0.39, 0.29) is 21.2 Å². The third-order valence-corrected chi connectivity index (χ3v) is 7.54. The maximum Gasteiger partial charge on any atom is 0.346 e. The van der Waals surface area contributed by atoms with Gasteiger partial charge >= 0.3 is 5.97 Å². The largest absolute Gasteiger partial charge is 0.477 e. The fraction of sp³-hybridized carbons (Fsp3) is 0.615. The lowest BCUT2D eigenvalue weighted by Crippen LogP contribution is -2.47. The van der Waals surface area contributed by atoms with Crippen LogP contribution in [-0.4, -0.2) is 35.9 Å². The fourth-order valence-corrected chi connectivity index (χ4v) is 6.13. The summed E-state index contributed by atoms with van der Waals surface area (Å²) in [6.45, 7) is 5.44. The standard InChI is InChI=1S/C13H19NO4S2/c1-8-7-11(19-12(8)13(15)16)20(17,18)14-9(2)5-4-6-10(14)3/h7,9-10H,4-6H2,1-3H3,(H,15,16). The molecular formula is C13H19NO4S2. The number of rotatable bonds is 3. The van der Waals surface area contributed by atoms with E-state index in [9.17, 15) is 13.2 Å². The molecule has 0 saturated carbocycles. The van der Waals surface area contributed by atoms with E-state index in [0.29, 0.717) is 5.56 Å². The highest BCUT2D eigenvalue weighted by Crippen LogP contribution is 2.34. The molecule has 1 fully saturated rings. The quantitative estimate of drug-likeness (QED) is 0.930.